The summed E-state index contributed by atoms with van der Waals surface area (Å²) in [5, 5.41) is 0. The van der Waals surface area contributed by atoms with E-state index in [1.807, 2.05) is 6.08 Å². The summed E-state index contributed by atoms with van der Waals surface area (Å²) in [5.41, 5.74) is 1.96. The average molecular weight is 236 g/mol. The molecule has 0 radical (unpaired) electrons. The molecule has 100 valence electrons. The highest BCUT2D eigenvalue weighted by molar-refractivity contribution is 5.01. The lowest BCUT2D eigenvalue weighted by molar-refractivity contribution is 0.402. The van der Waals surface area contributed by atoms with Crippen LogP contribution in [0, 0.1) is 17.3 Å². The number of hydrogen-bond donors (Lipinski definition) is 0. The third kappa shape index (κ3) is 10.4. The molecule has 0 rings (SSSR count). The van der Waals surface area contributed by atoms with Crippen LogP contribution in [0.5, 0.6) is 0 Å². The van der Waals surface area contributed by atoms with Crippen molar-refractivity contribution in [2.24, 2.45) is 17.3 Å². The second-order valence-electron chi connectivity index (χ2n) is 6.99. The lowest BCUT2D eigenvalue weighted by atomic mass is 9.87. The van der Waals surface area contributed by atoms with Crippen LogP contribution in [0.15, 0.2) is 24.3 Å². The molecule has 2 unspecified atom stereocenters. The molecule has 0 aromatic heterocycles. The van der Waals surface area contributed by atoms with Gasteiger partial charge in [-0.05, 0) is 49.9 Å². The minimum atomic E-state index is 0.417. The van der Waals surface area contributed by atoms with Crippen molar-refractivity contribution < 1.29 is 0 Å². The van der Waals surface area contributed by atoms with Crippen molar-refractivity contribution in [1.82, 2.24) is 0 Å². The molecule has 0 aliphatic rings. The first kappa shape index (κ1) is 16.5. The lowest BCUT2D eigenvalue weighted by Gasteiger charge is -2.19. The van der Waals surface area contributed by atoms with Crippen molar-refractivity contribution in [3.8, 4) is 0 Å². The van der Waals surface area contributed by atoms with Gasteiger partial charge in [-0.25, -0.2) is 0 Å². The van der Waals surface area contributed by atoms with Gasteiger partial charge in [-0.2, -0.15) is 0 Å². The van der Waals surface area contributed by atoms with E-state index >= 15 is 0 Å². The SMILES string of the molecule is C=CCC(C)CC(C)CC=C(C)CC(C)(C)C. The van der Waals surface area contributed by atoms with Crippen LogP contribution in [-0.4, -0.2) is 0 Å². The average Bonchev–Trinajstić information content (AvgIpc) is 2.12. The predicted molar refractivity (Wildman–Crippen MR) is 80.2 cm³/mol. The molecule has 0 amide bonds. The van der Waals surface area contributed by atoms with Gasteiger partial charge in [0.15, 0.2) is 0 Å². The molecule has 17 heavy (non-hydrogen) atoms. The van der Waals surface area contributed by atoms with Crippen molar-refractivity contribution in [3.05, 3.63) is 24.3 Å². The highest BCUT2D eigenvalue weighted by Crippen LogP contribution is 2.25. The number of allylic oxidation sites excluding steroid dienone is 3. The zero-order chi connectivity index (χ0) is 13.5. The standard InChI is InChI=1S/C17H32/c1-8-9-14(2)12-15(3)10-11-16(4)13-17(5,6)7/h8,11,14-15H,1,9-10,12-13H2,2-7H3. The van der Waals surface area contributed by atoms with Crippen LogP contribution in [0.1, 0.15) is 67.2 Å². The van der Waals surface area contributed by atoms with Gasteiger partial charge in [-0.3, -0.25) is 0 Å². The van der Waals surface area contributed by atoms with Crippen LogP contribution in [0.2, 0.25) is 0 Å². The second-order valence-corrected chi connectivity index (χ2v) is 6.99. The molecular weight excluding hydrogens is 204 g/mol. The Morgan fingerprint density at radius 2 is 1.65 bits per heavy atom. The van der Waals surface area contributed by atoms with Crippen molar-refractivity contribution >= 4 is 0 Å². The first-order valence-corrected chi connectivity index (χ1v) is 7.01. The van der Waals surface area contributed by atoms with Gasteiger partial charge in [0.05, 0.1) is 0 Å². The van der Waals surface area contributed by atoms with E-state index in [9.17, 15) is 0 Å². The minimum Gasteiger partial charge on any atom is -0.103 e. The van der Waals surface area contributed by atoms with E-state index < -0.39 is 0 Å². The highest BCUT2D eigenvalue weighted by atomic mass is 14.2. The zero-order valence-corrected chi connectivity index (χ0v) is 12.8. The van der Waals surface area contributed by atoms with E-state index in [0.717, 1.165) is 18.3 Å². The summed E-state index contributed by atoms with van der Waals surface area (Å²) in [6.45, 7) is 17.7. The summed E-state index contributed by atoms with van der Waals surface area (Å²) in [4.78, 5) is 0. The van der Waals surface area contributed by atoms with Gasteiger partial charge in [-0.15, -0.1) is 6.58 Å². The Morgan fingerprint density at radius 3 is 2.12 bits per heavy atom. The molecule has 0 aliphatic heterocycles. The first-order valence-electron chi connectivity index (χ1n) is 7.01. The molecule has 0 spiro atoms. The molecule has 0 aromatic rings. The highest BCUT2D eigenvalue weighted by Gasteiger charge is 2.11. The third-order valence-electron chi connectivity index (χ3n) is 3.05. The molecule has 0 aliphatic carbocycles. The molecule has 0 fully saturated rings. The van der Waals surface area contributed by atoms with Gasteiger partial charge < -0.3 is 0 Å². The topological polar surface area (TPSA) is 0 Å². The lowest BCUT2D eigenvalue weighted by Crippen LogP contribution is -2.06. The van der Waals surface area contributed by atoms with Gasteiger partial charge in [0.1, 0.15) is 0 Å². The first-order chi connectivity index (χ1) is 7.74. The Hall–Kier alpha value is -0.520. The van der Waals surface area contributed by atoms with Gasteiger partial charge in [0, 0.05) is 0 Å². The van der Waals surface area contributed by atoms with Crippen molar-refractivity contribution in [3.63, 3.8) is 0 Å². The normalized spacial score (nSPS) is 16.7. The fraction of sp³-hybridized carbons (Fsp3) is 0.765. The summed E-state index contributed by atoms with van der Waals surface area (Å²) in [5.74, 6) is 1.57. The van der Waals surface area contributed by atoms with Gasteiger partial charge >= 0.3 is 0 Å². The van der Waals surface area contributed by atoms with E-state index in [1.54, 1.807) is 5.57 Å². The monoisotopic (exact) mass is 236 g/mol. The van der Waals surface area contributed by atoms with Crippen molar-refractivity contribution in [1.29, 1.82) is 0 Å². The van der Waals surface area contributed by atoms with Crippen LogP contribution >= 0.6 is 0 Å². The van der Waals surface area contributed by atoms with Gasteiger partial charge in [0.25, 0.3) is 0 Å². The van der Waals surface area contributed by atoms with Crippen LogP contribution < -0.4 is 0 Å². The maximum atomic E-state index is 3.81. The van der Waals surface area contributed by atoms with Crippen LogP contribution in [0.4, 0.5) is 0 Å². The molecule has 0 aromatic carbocycles. The summed E-state index contributed by atoms with van der Waals surface area (Å²) in [6, 6.07) is 0. The van der Waals surface area contributed by atoms with Crippen LogP contribution in [0.25, 0.3) is 0 Å². The molecule has 0 nitrogen and oxygen atoms in total. The molecule has 0 bridgehead atoms. The van der Waals surface area contributed by atoms with Crippen LogP contribution in [0.3, 0.4) is 0 Å². The third-order valence-corrected chi connectivity index (χ3v) is 3.05. The van der Waals surface area contributed by atoms with E-state index in [1.165, 1.54) is 19.3 Å². The Balaban J connectivity index is 4.00. The molecule has 0 saturated carbocycles. The zero-order valence-electron chi connectivity index (χ0n) is 12.8. The van der Waals surface area contributed by atoms with Gasteiger partial charge in [0.2, 0.25) is 0 Å². The molecule has 0 heteroatoms. The molecule has 0 heterocycles. The fourth-order valence-corrected chi connectivity index (χ4v) is 2.47. The van der Waals surface area contributed by atoms with E-state index in [0.29, 0.717) is 5.41 Å². The largest absolute Gasteiger partial charge is 0.103 e. The minimum absolute atomic E-state index is 0.417. The summed E-state index contributed by atoms with van der Waals surface area (Å²) < 4.78 is 0. The summed E-state index contributed by atoms with van der Waals surface area (Å²) >= 11 is 0. The fourth-order valence-electron chi connectivity index (χ4n) is 2.47. The van der Waals surface area contributed by atoms with Crippen LogP contribution in [-0.2, 0) is 0 Å². The van der Waals surface area contributed by atoms with E-state index in [-0.39, 0.29) is 0 Å². The van der Waals surface area contributed by atoms with Crippen molar-refractivity contribution in [2.45, 2.75) is 67.2 Å². The van der Waals surface area contributed by atoms with E-state index in [4.69, 9.17) is 0 Å². The number of rotatable bonds is 7. The van der Waals surface area contributed by atoms with Crippen molar-refractivity contribution in [2.75, 3.05) is 0 Å². The smallest absolute Gasteiger partial charge is 0.0274 e. The molecule has 2 atom stereocenters. The Kier molecular flexibility index (Phi) is 7.50. The Bertz CT molecular complexity index is 239. The quantitative estimate of drug-likeness (QED) is 0.476. The Morgan fingerprint density at radius 1 is 1.12 bits per heavy atom. The molecule has 0 saturated heterocycles. The maximum absolute atomic E-state index is 3.81. The summed E-state index contributed by atoms with van der Waals surface area (Å²) in [7, 11) is 0. The molecular formula is C17H32. The molecule has 0 N–H and O–H groups in total. The Labute approximate surface area is 109 Å². The second kappa shape index (κ2) is 7.74. The number of hydrogen-bond acceptors (Lipinski definition) is 0. The summed E-state index contributed by atoms with van der Waals surface area (Å²) in [6.07, 6.45) is 9.38. The van der Waals surface area contributed by atoms with E-state index in [2.05, 4.69) is 54.2 Å². The predicted octanol–water partition coefficient (Wildman–Crippen LogP) is 6.00. The van der Waals surface area contributed by atoms with Gasteiger partial charge in [-0.1, -0.05) is 52.3 Å². The maximum Gasteiger partial charge on any atom is -0.0274 e.